The van der Waals surface area contributed by atoms with E-state index in [1.807, 2.05) is 6.92 Å². The van der Waals surface area contributed by atoms with Crippen molar-refractivity contribution in [3.8, 4) is 0 Å². The van der Waals surface area contributed by atoms with Crippen molar-refractivity contribution < 1.29 is 9.47 Å². The molecule has 0 aliphatic heterocycles. The normalized spacial score (nSPS) is 11.0. The number of hydrogen-bond acceptors (Lipinski definition) is 7. The Balaban J connectivity index is 2.02. The Morgan fingerprint density at radius 3 is 2.81 bits per heavy atom. The molecule has 0 aromatic carbocycles. The van der Waals surface area contributed by atoms with Crippen molar-refractivity contribution in [3.05, 3.63) is 10.9 Å². The van der Waals surface area contributed by atoms with Crippen LogP contribution in [0, 0.1) is 6.92 Å². The maximum Gasteiger partial charge on any atom is 0.226 e. The highest BCUT2D eigenvalue weighted by Crippen LogP contribution is 2.29. The number of thiophene rings is 1. The number of fused-ring (bicyclic) bond motifs is 1. The fourth-order valence-corrected chi connectivity index (χ4v) is 2.78. The molecule has 0 saturated carbocycles. The van der Waals surface area contributed by atoms with Crippen LogP contribution in [0.4, 0.5) is 11.8 Å². The van der Waals surface area contributed by atoms with Crippen LogP contribution in [0.2, 0.25) is 0 Å². The number of hydrogen-bond donors (Lipinski definition) is 2. The summed E-state index contributed by atoms with van der Waals surface area (Å²) in [6.45, 7) is 7.46. The third-order valence-corrected chi connectivity index (χ3v) is 3.77. The summed E-state index contributed by atoms with van der Waals surface area (Å²) in [6.07, 6.45) is 0. The highest BCUT2D eigenvalue weighted by Gasteiger charge is 2.09. The van der Waals surface area contributed by atoms with Gasteiger partial charge >= 0.3 is 0 Å². The molecule has 0 fully saturated rings. The average molecular weight is 310 g/mol. The molecule has 0 bridgehead atoms. The maximum absolute atomic E-state index is 5.45. The van der Waals surface area contributed by atoms with Gasteiger partial charge in [0.25, 0.3) is 0 Å². The molecule has 0 radical (unpaired) electrons. The monoisotopic (exact) mass is 310 g/mol. The molecule has 2 N–H and O–H groups in total. The number of aromatic nitrogens is 2. The molecule has 6 nitrogen and oxygen atoms in total. The van der Waals surface area contributed by atoms with E-state index in [0.717, 1.165) is 22.6 Å². The van der Waals surface area contributed by atoms with Gasteiger partial charge in [0.2, 0.25) is 5.95 Å². The minimum atomic E-state index is 0.609. The van der Waals surface area contributed by atoms with Gasteiger partial charge in [-0.3, -0.25) is 0 Å². The molecule has 2 rings (SSSR count). The van der Waals surface area contributed by atoms with Gasteiger partial charge in [-0.2, -0.15) is 4.98 Å². The van der Waals surface area contributed by atoms with Gasteiger partial charge in [-0.15, -0.1) is 11.3 Å². The second-order valence-corrected chi connectivity index (χ2v) is 5.77. The van der Waals surface area contributed by atoms with Crippen LogP contribution in [0.3, 0.4) is 0 Å². The summed E-state index contributed by atoms with van der Waals surface area (Å²) in [6, 6.07) is 2.11. The SMILES string of the molecule is CCNc1nc(NCCOCCOC)c2cc(C)sc2n1. The highest BCUT2D eigenvalue weighted by molar-refractivity contribution is 7.18. The van der Waals surface area contributed by atoms with Crippen LogP contribution in [-0.2, 0) is 9.47 Å². The van der Waals surface area contributed by atoms with E-state index in [1.54, 1.807) is 18.4 Å². The first-order chi connectivity index (χ1) is 10.2. The Kier molecular flexibility index (Phi) is 6.16. The Bertz CT molecular complexity index is 573. The van der Waals surface area contributed by atoms with Crippen LogP contribution in [0.5, 0.6) is 0 Å². The number of nitrogens with one attached hydrogen (secondary N) is 2. The van der Waals surface area contributed by atoms with E-state index in [2.05, 4.69) is 33.6 Å². The van der Waals surface area contributed by atoms with Crippen LogP contribution in [0.15, 0.2) is 6.07 Å². The average Bonchev–Trinajstić information content (AvgIpc) is 2.83. The summed E-state index contributed by atoms with van der Waals surface area (Å²) >= 11 is 1.68. The van der Waals surface area contributed by atoms with Crippen LogP contribution < -0.4 is 10.6 Å². The minimum Gasteiger partial charge on any atom is -0.382 e. The van der Waals surface area contributed by atoms with Gasteiger partial charge in [-0.25, -0.2) is 4.98 Å². The lowest BCUT2D eigenvalue weighted by Gasteiger charge is -2.09. The number of nitrogens with zero attached hydrogens (tertiary/aromatic N) is 2. The van der Waals surface area contributed by atoms with Gasteiger partial charge in [0.15, 0.2) is 0 Å². The number of aryl methyl sites for hydroxylation is 1. The molecule has 0 saturated heterocycles. The quantitative estimate of drug-likeness (QED) is 0.694. The highest BCUT2D eigenvalue weighted by atomic mass is 32.1. The zero-order chi connectivity index (χ0) is 15.1. The summed E-state index contributed by atoms with van der Waals surface area (Å²) in [5.41, 5.74) is 0. The first kappa shape index (κ1) is 15.9. The van der Waals surface area contributed by atoms with E-state index in [9.17, 15) is 0 Å². The van der Waals surface area contributed by atoms with Gasteiger partial charge in [0.05, 0.1) is 25.2 Å². The fourth-order valence-electron chi connectivity index (χ4n) is 1.90. The van der Waals surface area contributed by atoms with Crippen LogP contribution >= 0.6 is 11.3 Å². The summed E-state index contributed by atoms with van der Waals surface area (Å²) in [5.74, 6) is 1.52. The van der Waals surface area contributed by atoms with Crippen molar-refractivity contribution in [2.45, 2.75) is 13.8 Å². The molecule has 0 aliphatic carbocycles. The van der Waals surface area contributed by atoms with Crippen LogP contribution in [0.25, 0.3) is 10.2 Å². The molecular weight excluding hydrogens is 288 g/mol. The second-order valence-electron chi connectivity index (χ2n) is 4.53. The third-order valence-electron chi connectivity index (χ3n) is 2.82. The fraction of sp³-hybridized carbons (Fsp3) is 0.571. The van der Waals surface area contributed by atoms with E-state index in [-0.39, 0.29) is 0 Å². The predicted octanol–water partition coefficient (Wildman–Crippen LogP) is 2.51. The van der Waals surface area contributed by atoms with Gasteiger partial charge in [0.1, 0.15) is 10.6 Å². The van der Waals surface area contributed by atoms with Crippen molar-refractivity contribution in [1.82, 2.24) is 9.97 Å². The molecule has 2 heterocycles. The lowest BCUT2D eigenvalue weighted by Crippen LogP contribution is -2.13. The van der Waals surface area contributed by atoms with Crippen molar-refractivity contribution in [2.75, 3.05) is 50.7 Å². The summed E-state index contributed by atoms with van der Waals surface area (Å²) < 4.78 is 10.4. The zero-order valence-corrected chi connectivity index (χ0v) is 13.5. The van der Waals surface area contributed by atoms with E-state index in [0.29, 0.717) is 32.3 Å². The topological polar surface area (TPSA) is 68.3 Å². The predicted molar refractivity (Wildman–Crippen MR) is 87.5 cm³/mol. The number of methoxy groups -OCH3 is 1. The van der Waals surface area contributed by atoms with Gasteiger partial charge in [0, 0.05) is 25.1 Å². The summed E-state index contributed by atoms with van der Waals surface area (Å²) in [4.78, 5) is 11.3. The van der Waals surface area contributed by atoms with Crippen LogP contribution in [0.1, 0.15) is 11.8 Å². The van der Waals surface area contributed by atoms with Gasteiger partial charge in [-0.1, -0.05) is 0 Å². The maximum atomic E-state index is 5.45. The Morgan fingerprint density at radius 2 is 2.05 bits per heavy atom. The molecular formula is C14H22N4O2S. The standard InChI is InChI=1S/C14H22N4O2S/c1-4-15-14-17-12(16-5-6-20-8-7-19-3)11-9-10(2)21-13(11)18-14/h9H,4-8H2,1-3H3,(H2,15,16,17,18). The number of rotatable bonds is 9. The van der Waals surface area contributed by atoms with E-state index in [4.69, 9.17) is 9.47 Å². The van der Waals surface area contributed by atoms with E-state index < -0.39 is 0 Å². The van der Waals surface area contributed by atoms with E-state index in [1.165, 1.54) is 4.88 Å². The van der Waals surface area contributed by atoms with Crippen molar-refractivity contribution in [3.63, 3.8) is 0 Å². The number of anilines is 2. The summed E-state index contributed by atoms with van der Waals surface area (Å²) in [5, 5.41) is 7.56. The molecule has 21 heavy (non-hydrogen) atoms. The Morgan fingerprint density at radius 1 is 1.19 bits per heavy atom. The second kappa shape index (κ2) is 8.11. The van der Waals surface area contributed by atoms with Crippen LogP contribution in [-0.4, -0.2) is 50.0 Å². The lowest BCUT2D eigenvalue weighted by molar-refractivity contribution is 0.0759. The number of ether oxygens (including phenoxy) is 2. The van der Waals surface area contributed by atoms with Crippen molar-refractivity contribution >= 4 is 33.3 Å². The molecule has 0 amide bonds. The van der Waals surface area contributed by atoms with Crippen molar-refractivity contribution in [1.29, 1.82) is 0 Å². The summed E-state index contributed by atoms with van der Waals surface area (Å²) in [7, 11) is 1.67. The molecule has 0 aliphatic rings. The molecule has 0 unspecified atom stereocenters. The molecule has 2 aromatic heterocycles. The minimum absolute atomic E-state index is 0.609. The van der Waals surface area contributed by atoms with E-state index >= 15 is 0 Å². The first-order valence-electron chi connectivity index (χ1n) is 7.07. The smallest absolute Gasteiger partial charge is 0.226 e. The molecule has 0 atom stereocenters. The largest absolute Gasteiger partial charge is 0.382 e. The molecule has 2 aromatic rings. The van der Waals surface area contributed by atoms with Gasteiger partial charge in [-0.05, 0) is 19.9 Å². The lowest BCUT2D eigenvalue weighted by atomic mass is 10.3. The zero-order valence-electron chi connectivity index (χ0n) is 12.7. The third kappa shape index (κ3) is 4.52. The van der Waals surface area contributed by atoms with Crippen molar-refractivity contribution in [2.24, 2.45) is 0 Å². The first-order valence-corrected chi connectivity index (χ1v) is 7.89. The molecule has 7 heteroatoms. The van der Waals surface area contributed by atoms with Gasteiger partial charge < -0.3 is 20.1 Å². The Labute approximate surface area is 128 Å². The Hall–Kier alpha value is -1.44. The molecule has 0 spiro atoms. The molecule has 116 valence electrons.